The Morgan fingerprint density at radius 2 is 1.75 bits per heavy atom. The lowest BCUT2D eigenvalue weighted by atomic mass is 9.63. The molecule has 3 heteroatoms. The Kier molecular flexibility index (Phi) is 6.49. The first-order chi connectivity index (χ1) is 9.27. The second kappa shape index (κ2) is 7.24. The number of nitrogens with zero attached hydrogens (tertiary/aromatic N) is 2. The number of rotatable bonds is 7. The summed E-state index contributed by atoms with van der Waals surface area (Å²) in [5, 5.41) is 0. The Balaban J connectivity index is 2.87. The van der Waals surface area contributed by atoms with Crippen LogP contribution in [0.15, 0.2) is 0 Å². The quantitative estimate of drug-likeness (QED) is 0.780. The van der Waals surface area contributed by atoms with E-state index < -0.39 is 0 Å². The van der Waals surface area contributed by atoms with Gasteiger partial charge in [-0.3, -0.25) is 4.90 Å². The van der Waals surface area contributed by atoms with Crippen molar-refractivity contribution in [1.82, 2.24) is 9.80 Å². The van der Waals surface area contributed by atoms with Crippen molar-refractivity contribution >= 4 is 0 Å². The van der Waals surface area contributed by atoms with E-state index in [9.17, 15) is 0 Å². The average molecular weight is 284 g/mol. The third kappa shape index (κ3) is 4.19. The van der Waals surface area contributed by atoms with E-state index in [-0.39, 0.29) is 5.54 Å². The molecule has 0 heterocycles. The molecule has 1 saturated carbocycles. The molecule has 0 radical (unpaired) electrons. The molecule has 1 fully saturated rings. The maximum atomic E-state index is 6.30. The minimum absolute atomic E-state index is 0.224. The second-order valence-corrected chi connectivity index (χ2v) is 7.87. The van der Waals surface area contributed by atoms with Gasteiger partial charge in [-0.2, -0.15) is 0 Å². The maximum Gasteiger partial charge on any atom is 0.0358 e. The maximum absolute atomic E-state index is 6.30. The summed E-state index contributed by atoms with van der Waals surface area (Å²) in [5.74, 6) is 0.685. The summed E-state index contributed by atoms with van der Waals surface area (Å²) in [6.07, 6.45) is 5.07. The van der Waals surface area contributed by atoms with Crippen molar-refractivity contribution in [3.63, 3.8) is 0 Å². The van der Waals surface area contributed by atoms with E-state index in [2.05, 4.69) is 51.6 Å². The lowest BCUT2D eigenvalue weighted by molar-refractivity contribution is -0.0247. The first-order valence-electron chi connectivity index (χ1n) is 8.37. The highest BCUT2D eigenvalue weighted by atomic mass is 15.2. The lowest BCUT2D eigenvalue weighted by Crippen LogP contribution is -2.62. The van der Waals surface area contributed by atoms with Crippen LogP contribution in [-0.4, -0.2) is 55.6 Å². The molecule has 0 aromatic rings. The third-order valence-electron chi connectivity index (χ3n) is 5.30. The van der Waals surface area contributed by atoms with Gasteiger partial charge in [-0.15, -0.1) is 0 Å². The van der Waals surface area contributed by atoms with E-state index >= 15 is 0 Å². The number of hydrogen-bond acceptors (Lipinski definition) is 3. The number of nitrogens with two attached hydrogens (primary N) is 1. The van der Waals surface area contributed by atoms with Crippen LogP contribution >= 0.6 is 0 Å². The zero-order valence-electron chi connectivity index (χ0n) is 14.7. The van der Waals surface area contributed by atoms with Gasteiger partial charge in [-0.25, -0.2) is 0 Å². The molecule has 20 heavy (non-hydrogen) atoms. The van der Waals surface area contributed by atoms with Gasteiger partial charge in [0.1, 0.15) is 0 Å². The van der Waals surface area contributed by atoms with E-state index in [4.69, 9.17) is 5.73 Å². The minimum atomic E-state index is 0.224. The molecule has 0 spiro atoms. The van der Waals surface area contributed by atoms with Gasteiger partial charge < -0.3 is 10.6 Å². The van der Waals surface area contributed by atoms with Crippen LogP contribution < -0.4 is 5.73 Å². The molecule has 1 aliphatic rings. The Bertz CT molecular complexity index is 288. The second-order valence-electron chi connectivity index (χ2n) is 7.87. The smallest absolute Gasteiger partial charge is 0.0358 e. The van der Waals surface area contributed by atoms with Crippen LogP contribution in [0, 0.1) is 11.3 Å². The molecule has 120 valence electrons. The zero-order valence-corrected chi connectivity index (χ0v) is 14.7. The Labute approximate surface area is 126 Å². The van der Waals surface area contributed by atoms with Gasteiger partial charge in [0.2, 0.25) is 0 Å². The van der Waals surface area contributed by atoms with Crippen LogP contribution in [0.3, 0.4) is 0 Å². The predicted molar refractivity (Wildman–Crippen MR) is 89.0 cm³/mol. The van der Waals surface area contributed by atoms with Crippen LogP contribution in [0.1, 0.15) is 53.4 Å². The average Bonchev–Trinajstić information content (AvgIpc) is 2.35. The van der Waals surface area contributed by atoms with Crippen molar-refractivity contribution in [3.05, 3.63) is 0 Å². The Morgan fingerprint density at radius 1 is 1.10 bits per heavy atom. The van der Waals surface area contributed by atoms with Crippen LogP contribution in [0.2, 0.25) is 0 Å². The molecule has 0 amide bonds. The number of hydrogen-bond donors (Lipinski definition) is 1. The Morgan fingerprint density at radius 3 is 2.20 bits per heavy atom. The van der Waals surface area contributed by atoms with Gasteiger partial charge in [0, 0.05) is 25.2 Å². The van der Waals surface area contributed by atoms with Crippen LogP contribution in [0.25, 0.3) is 0 Å². The first kappa shape index (κ1) is 17.9. The summed E-state index contributed by atoms with van der Waals surface area (Å²) < 4.78 is 0. The molecular weight excluding hydrogens is 246 g/mol. The zero-order chi connectivity index (χ0) is 15.4. The SMILES string of the molecule is CCCN(CCN(C)C)C1(CN)CCC(C)(C)CC1C. The molecule has 2 N–H and O–H groups in total. The summed E-state index contributed by atoms with van der Waals surface area (Å²) in [5.41, 5.74) is 7.01. The van der Waals surface area contributed by atoms with Crippen molar-refractivity contribution in [1.29, 1.82) is 0 Å². The molecule has 0 saturated heterocycles. The molecule has 1 aliphatic carbocycles. The lowest BCUT2D eigenvalue weighted by Gasteiger charge is -2.54. The number of likely N-dealkylation sites (N-methyl/N-ethyl adjacent to an activating group) is 1. The third-order valence-corrected chi connectivity index (χ3v) is 5.30. The molecule has 0 aromatic carbocycles. The van der Waals surface area contributed by atoms with Crippen molar-refractivity contribution < 1.29 is 0 Å². The van der Waals surface area contributed by atoms with Crippen molar-refractivity contribution in [2.45, 2.75) is 58.9 Å². The van der Waals surface area contributed by atoms with Gasteiger partial charge in [-0.1, -0.05) is 27.7 Å². The fourth-order valence-electron chi connectivity index (χ4n) is 3.97. The molecule has 0 aliphatic heterocycles. The monoisotopic (exact) mass is 283 g/mol. The van der Waals surface area contributed by atoms with Crippen molar-refractivity contribution in [2.24, 2.45) is 17.1 Å². The molecule has 2 atom stereocenters. The van der Waals surface area contributed by atoms with Crippen LogP contribution in [0.5, 0.6) is 0 Å². The molecule has 1 rings (SSSR count). The highest BCUT2D eigenvalue weighted by Gasteiger charge is 2.46. The van der Waals surface area contributed by atoms with Crippen molar-refractivity contribution in [3.8, 4) is 0 Å². The fraction of sp³-hybridized carbons (Fsp3) is 1.00. The fourth-order valence-corrected chi connectivity index (χ4v) is 3.97. The van der Waals surface area contributed by atoms with E-state index in [1.165, 1.54) is 32.2 Å². The highest BCUT2D eigenvalue weighted by Crippen LogP contribution is 2.46. The van der Waals surface area contributed by atoms with Crippen LogP contribution in [-0.2, 0) is 0 Å². The molecule has 0 aromatic heterocycles. The van der Waals surface area contributed by atoms with Gasteiger partial charge in [0.25, 0.3) is 0 Å². The van der Waals surface area contributed by atoms with Gasteiger partial charge in [-0.05, 0) is 57.7 Å². The summed E-state index contributed by atoms with van der Waals surface area (Å²) in [7, 11) is 4.32. The van der Waals surface area contributed by atoms with Gasteiger partial charge in [0.05, 0.1) is 0 Å². The van der Waals surface area contributed by atoms with E-state index in [1.54, 1.807) is 0 Å². The van der Waals surface area contributed by atoms with Crippen LogP contribution in [0.4, 0.5) is 0 Å². The molecule has 2 unspecified atom stereocenters. The van der Waals surface area contributed by atoms with E-state index in [0.29, 0.717) is 11.3 Å². The summed E-state index contributed by atoms with van der Waals surface area (Å²) in [4.78, 5) is 4.98. The highest BCUT2D eigenvalue weighted by molar-refractivity contribution is 5.02. The van der Waals surface area contributed by atoms with Gasteiger partial charge in [0.15, 0.2) is 0 Å². The largest absolute Gasteiger partial charge is 0.329 e. The minimum Gasteiger partial charge on any atom is -0.329 e. The predicted octanol–water partition coefficient (Wildman–Crippen LogP) is 2.80. The summed E-state index contributed by atoms with van der Waals surface area (Å²) in [6, 6.07) is 0. The van der Waals surface area contributed by atoms with Crippen molar-refractivity contribution in [2.75, 3.05) is 40.3 Å². The topological polar surface area (TPSA) is 32.5 Å². The summed E-state index contributed by atoms with van der Waals surface area (Å²) in [6.45, 7) is 13.8. The van der Waals surface area contributed by atoms with E-state index in [0.717, 1.165) is 19.6 Å². The normalized spacial score (nSPS) is 30.1. The van der Waals surface area contributed by atoms with Gasteiger partial charge >= 0.3 is 0 Å². The molecule has 3 nitrogen and oxygen atoms in total. The first-order valence-corrected chi connectivity index (χ1v) is 8.37. The molecular formula is C17H37N3. The summed E-state index contributed by atoms with van der Waals surface area (Å²) >= 11 is 0. The Hall–Kier alpha value is -0.120. The van der Waals surface area contributed by atoms with E-state index in [1.807, 2.05) is 0 Å². The standard InChI is InChI=1S/C17H37N3/c1-7-10-20(12-11-19(5)6)17(14-18)9-8-16(3,4)13-15(17)2/h15H,7-14,18H2,1-6H3. The molecule has 0 bridgehead atoms.